The van der Waals surface area contributed by atoms with E-state index in [-0.39, 0.29) is 6.04 Å². The molecule has 0 aliphatic heterocycles. The summed E-state index contributed by atoms with van der Waals surface area (Å²) >= 11 is 7.64. The summed E-state index contributed by atoms with van der Waals surface area (Å²) in [6, 6.07) is 8.63. The van der Waals surface area contributed by atoms with Gasteiger partial charge in [0.15, 0.2) is 0 Å². The molecule has 0 fully saturated rings. The van der Waals surface area contributed by atoms with Crippen LogP contribution in [0, 0.1) is 5.92 Å². The third kappa shape index (κ3) is 3.78. The van der Waals surface area contributed by atoms with Gasteiger partial charge in [-0.05, 0) is 30.5 Å². The first-order valence-corrected chi connectivity index (χ1v) is 7.74. The van der Waals surface area contributed by atoms with Gasteiger partial charge < -0.3 is 5.32 Å². The Balaban J connectivity index is 2.14. The molecule has 1 aromatic heterocycles. The van der Waals surface area contributed by atoms with Gasteiger partial charge in [0.1, 0.15) is 5.01 Å². The normalized spacial score (nSPS) is 14.6. The fourth-order valence-corrected chi connectivity index (χ4v) is 2.91. The van der Waals surface area contributed by atoms with Crippen LogP contribution in [-0.4, -0.2) is 4.98 Å². The second-order valence-electron chi connectivity index (χ2n) is 5.03. The van der Waals surface area contributed by atoms with Crippen LogP contribution in [0.25, 0.3) is 0 Å². The molecule has 2 aromatic rings. The van der Waals surface area contributed by atoms with Gasteiger partial charge in [0.05, 0.1) is 6.04 Å². The van der Waals surface area contributed by atoms with Crippen molar-refractivity contribution in [1.82, 2.24) is 10.3 Å². The van der Waals surface area contributed by atoms with E-state index in [2.05, 4.69) is 43.2 Å². The zero-order valence-corrected chi connectivity index (χ0v) is 13.0. The fraction of sp³-hybridized carbons (Fsp3) is 0.400. The van der Waals surface area contributed by atoms with Gasteiger partial charge in [-0.25, -0.2) is 4.98 Å². The second kappa shape index (κ2) is 6.51. The number of hydrogen-bond donors (Lipinski definition) is 1. The molecule has 0 aliphatic carbocycles. The first kappa shape index (κ1) is 14.5. The Kier molecular flexibility index (Phi) is 4.97. The average molecular weight is 295 g/mol. The quantitative estimate of drug-likeness (QED) is 0.853. The smallest absolute Gasteiger partial charge is 0.109 e. The highest BCUT2D eigenvalue weighted by atomic mass is 35.5. The summed E-state index contributed by atoms with van der Waals surface area (Å²) in [4.78, 5) is 4.37. The molecule has 1 aromatic carbocycles. The first-order chi connectivity index (χ1) is 9.08. The molecule has 19 heavy (non-hydrogen) atoms. The van der Waals surface area contributed by atoms with E-state index in [0.29, 0.717) is 12.0 Å². The zero-order chi connectivity index (χ0) is 13.8. The van der Waals surface area contributed by atoms with Crippen LogP contribution in [0.15, 0.2) is 35.8 Å². The van der Waals surface area contributed by atoms with Gasteiger partial charge in [0.25, 0.3) is 0 Å². The lowest BCUT2D eigenvalue weighted by molar-refractivity contribution is 0.374. The highest BCUT2D eigenvalue weighted by molar-refractivity contribution is 7.09. The van der Waals surface area contributed by atoms with Crippen molar-refractivity contribution in [1.29, 1.82) is 0 Å². The minimum Gasteiger partial charge on any atom is -0.301 e. The number of nitrogens with one attached hydrogen (secondary N) is 1. The molecule has 2 unspecified atom stereocenters. The van der Waals surface area contributed by atoms with Crippen molar-refractivity contribution in [2.45, 2.75) is 32.9 Å². The zero-order valence-electron chi connectivity index (χ0n) is 11.4. The lowest BCUT2D eigenvalue weighted by atomic mass is 9.95. The molecule has 1 heterocycles. The minimum absolute atomic E-state index is 0.253. The number of nitrogens with zero attached hydrogens (tertiary/aromatic N) is 1. The topological polar surface area (TPSA) is 24.9 Å². The van der Waals surface area contributed by atoms with Crippen LogP contribution < -0.4 is 5.32 Å². The van der Waals surface area contributed by atoms with Crippen molar-refractivity contribution in [2.24, 2.45) is 5.92 Å². The standard InChI is InChI=1S/C15H19ClN2S/c1-10(2)14(12-4-6-13(16)7-5-12)18-11(3)15-17-8-9-19-15/h4-11,14,18H,1-3H3. The predicted molar refractivity (Wildman–Crippen MR) is 82.7 cm³/mol. The number of hydrogen-bond acceptors (Lipinski definition) is 3. The molecule has 0 radical (unpaired) electrons. The van der Waals surface area contributed by atoms with E-state index < -0.39 is 0 Å². The average Bonchev–Trinajstić information content (AvgIpc) is 2.90. The van der Waals surface area contributed by atoms with Gasteiger partial charge in [-0.2, -0.15) is 0 Å². The van der Waals surface area contributed by atoms with Gasteiger partial charge in [0, 0.05) is 22.6 Å². The Hall–Kier alpha value is -0.900. The van der Waals surface area contributed by atoms with E-state index in [1.54, 1.807) is 11.3 Å². The van der Waals surface area contributed by atoms with Crippen molar-refractivity contribution in [3.05, 3.63) is 51.4 Å². The molecule has 0 bridgehead atoms. The van der Waals surface area contributed by atoms with Crippen molar-refractivity contribution >= 4 is 22.9 Å². The molecule has 2 nitrogen and oxygen atoms in total. The largest absolute Gasteiger partial charge is 0.301 e. The maximum Gasteiger partial charge on any atom is 0.109 e. The third-order valence-corrected chi connectivity index (χ3v) is 4.36. The van der Waals surface area contributed by atoms with Gasteiger partial charge >= 0.3 is 0 Å². The molecule has 1 N–H and O–H groups in total. The first-order valence-electron chi connectivity index (χ1n) is 6.49. The molecule has 0 aliphatic rings. The minimum atomic E-state index is 0.253. The summed E-state index contributed by atoms with van der Waals surface area (Å²) in [5.74, 6) is 0.503. The number of halogens is 1. The maximum absolute atomic E-state index is 5.95. The molecule has 0 spiro atoms. The monoisotopic (exact) mass is 294 g/mol. The Morgan fingerprint density at radius 3 is 2.37 bits per heavy atom. The molecule has 0 saturated carbocycles. The molecular formula is C15H19ClN2S. The molecule has 2 atom stereocenters. The van der Waals surface area contributed by atoms with E-state index >= 15 is 0 Å². The third-order valence-electron chi connectivity index (χ3n) is 3.15. The van der Waals surface area contributed by atoms with Gasteiger partial charge in [0.2, 0.25) is 0 Å². The summed E-state index contributed by atoms with van der Waals surface area (Å²) in [5.41, 5.74) is 1.27. The maximum atomic E-state index is 5.95. The van der Waals surface area contributed by atoms with E-state index in [1.165, 1.54) is 5.56 Å². The molecular weight excluding hydrogens is 276 g/mol. The number of rotatable bonds is 5. The Bertz CT molecular complexity index is 493. The summed E-state index contributed by atoms with van der Waals surface area (Å²) < 4.78 is 0. The number of benzene rings is 1. The summed E-state index contributed by atoms with van der Waals surface area (Å²) in [5, 5.41) is 7.58. The highest BCUT2D eigenvalue weighted by Crippen LogP contribution is 2.27. The van der Waals surface area contributed by atoms with Gasteiger partial charge in [-0.1, -0.05) is 37.6 Å². The van der Waals surface area contributed by atoms with E-state index in [4.69, 9.17) is 11.6 Å². The lowest BCUT2D eigenvalue weighted by Gasteiger charge is -2.26. The Morgan fingerprint density at radius 2 is 1.84 bits per heavy atom. The number of thiazole rings is 1. The van der Waals surface area contributed by atoms with Crippen molar-refractivity contribution < 1.29 is 0 Å². The van der Waals surface area contributed by atoms with E-state index in [1.807, 2.05) is 23.7 Å². The lowest BCUT2D eigenvalue weighted by Crippen LogP contribution is -2.28. The molecule has 0 amide bonds. The van der Waals surface area contributed by atoms with E-state index in [9.17, 15) is 0 Å². The SMILES string of the molecule is CC(NC(c1ccc(Cl)cc1)C(C)C)c1nccs1. The molecule has 0 saturated heterocycles. The fourth-order valence-electron chi connectivity index (χ4n) is 2.13. The van der Waals surface area contributed by atoms with Crippen LogP contribution in [0.3, 0.4) is 0 Å². The van der Waals surface area contributed by atoms with Crippen molar-refractivity contribution in [2.75, 3.05) is 0 Å². The predicted octanol–water partition coefficient (Wildman–Crippen LogP) is 4.84. The van der Waals surface area contributed by atoms with Crippen LogP contribution in [0.1, 0.15) is 43.4 Å². The van der Waals surface area contributed by atoms with Gasteiger partial charge in [-0.3, -0.25) is 0 Å². The van der Waals surface area contributed by atoms with Gasteiger partial charge in [-0.15, -0.1) is 11.3 Å². The van der Waals surface area contributed by atoms with Crippen LogP contribution in [0.5, 0.6) is 0 Å². The molecule has 4 heteroatoms. The summed E-state index contributed by atoms with van der Waals surface area (Å²) in [6.07, 6.45) is 1.85. The Morgan fingerprint density at radius 1 is 1.16 bits per heavy atom. The van der Waals surface area contributed by atoms with Crippen molar-refractivity contribution in [3.8, 4) is 0 Å². The Labute approximate surface area is 123 Å². The number of aromatic nitrogens is 1. The second-order valence-corrected chi connectivity index (χ2v) is 6.39. The van der Waals surface area contributed by atoms with Crippen LogP contribution >= 0.6 is 22.9 Å². The molecule has 102 valence electrons. The summed E-state index contributed by atoms with van der Waals surface area (Å²) in [6.45, 7) is 6.60. The molecule has 2 rings (SSSR count). The van der Waals surface area contributed by atoms with Crippen LogP contribution in [0.2, 0.25) is 5.02 Å². The van der Waals surface area contributed by atoms with E-state index in [0.717, 1.165) is 10.0 Å². The van der Waals surface area contributed by atoms with Crippen molar-refractivity contribution in [3.63, 3.8) is 0 Å². The van der Waals surface area contributed by atoms with Crippen LogP contribution in [-0.2, 0) is 0 Å². The summed E-state index contributed by atoms with van der Waals surface area (Å²) in [7, 11) is 0. The van der Waals surface area contributed by atoms with Crippen LogP contribution in [0.4, 0.5) is 0 Å². The highest BCUT2D eigenvalue weighted by Gasteiger charge is 2.19.